The molecule has 40 heavy (non-hydrogen) atoms. The van der Waals surface area contributed by atoms with Crippen LogP contribution in [-0.4, -0.2) is 135 Å². The molecule has 214 valence electrons. The minimum atomic E-state index is -0.978. The van der Waals surface area contributed by atoms with Crippen LogP contribution in [0.5, 0.6) is 0 Å². The van der Waals surface area contributed by atoms with E-state index in [9.17, 15) is 29.7 Å². The van der Waals surface area contributed by atoms with Gasteiger partial charge in [-0.05, 0) is 19.1 Å². The number of rotatable bonds is 8. The van der Waals surface area contributed by atoms with E-state index < -0.39 is 17.9 Å². The first-order chi connectivity index (χ1) is 19.2. The fourth-order valence-electron chi connectivity index (χ4n) is 5.01. The first-order valence-electron chi connectivity index (χ1n) is 13.4. The summed E-state index contributed by atoms with van der Waals surface area (Å²) in [5.41, 5.74) is 3.43. The number of nitrogens with zero attached hydrogens (tertiary/aromatic N) is 6. The molecule has 0 amide bonds. The van der Waals surface area contributed by atoms with Crippen molar-refractivity contribution in [2.24, 2.45) is 0 Å². The van der Waals surface area contributed by atoms with E-state index in [1.807, 2.05) is 53.1 Å². The van der Waals surface area contributed by atoms with Gasteiger partial charge in [0, 0.05) is 75.4 Å². The van der Waals surface area contributed by atoms with E-state index >= 15 is 0 Å². The third kappa shape index (κ3) is 8.39. The summed E-state index contributed by atoms with van der Waals surface area (Å²) in [6.45, 7) is 5.48. The maximum atomic E-state index is 11.5. The van der Waals surface area contributed by atoms with Crippen LogP contribution in [0.15, 0.2) is 36.4 Å². The number of aromatic nitrogens is 2. The first kappa shape index (κ1) is 29.3. The van der Waals surface area contributed by atoms with Gasteiger partial charge in [0.1, 0.15) is 0 Å². The zero-order chi connectivity index (χ0) is 28.6. The van der Waals surface area contributed by atoms with Gasteiger partial charge in [0.15, 0.2) is 0 Å². The van der Waals surface area contributed by atoms with E-state index in [4.69, 9.17) is 9.97 Å². The minimum Gasteiger partial charge on any atom is -0.480 e. The molecule has 0 atom stereocenters. The van der Waals surface area contributed by atoms with Gasteiger partial charge in [-0.2, -0.15) is 0 Å². The fourth-order valence-corrected chi connectivity index (χ4v) is 5.01. The van der Waals surface area contributed by atoms with Crippen molar-refractivity contribution in [3.8, 4) is 0 Å². The average Bonchev–Trinajstić information content (AvgIpc) is 2.89. The molecule has 3 aromatic rings. The summed E-state index contributed by atoms with van der Waals surface area (Å²) >= 11 is 0. The summed E-state index contributed by atoms with van der Waals surface area (Å²) in [4.78, 5) is 51.6. The van der Waals surface area contributed by atoms with Crippen LogP contribution < -0.4 is 0 Å². The Morgan fingerprint density at radius 2 is 0.975 bits per heavy atom. The highest BCUT2D eigenvalue weighted by Gasteiger charge is 2.20. The quantitative estimate of drug-likeness (QED) is 0.343. The molecule has 1 aliphatic rings. The molecule has 0 saturated carbocycles. The van der Waals surface area contributed by atoms with Crippen LogP contribution in [0, 0.1) is 6.92 Å². The van der Waals surface area contributed by atoms with Crippen LogP contribution in [0.25, 0.3) is 21.8 Å². The summed E-state index contributed by atoms with van der Waals surface area (Å²) in [7, 11) is 0. The number of hydrogen-bond acceptors (Lipinski definition) is 9. The summed E-state index contributed by atoms with van der Waals surface area (Å²) in [5.74, 6) is -2.86. The lowest BCUT2D eigenvalue weighted by Gasteiger charge is -2.33. The molecule has 0 bridgehead atoms. The van der Waals surface area contributed by atoms with E-state index in [1.54, 1.807) is 4.90 Å². The van der Waals surface area contributed by atoms with Crippen LogP contribution in [0.1, 0.15) is 11.4 Å². The maximum absolute atomic E-state index is 11.5. The normalized spacial score (nSPS) is 17.4. The monoisotopic (exact) mass is 552 g/mol. The second kappa shape index (κ2) is 13.6. The highest BCUT2D eigenvalue weighted by atomic mass is 16.4. The van der Waals surface area contributed by atoms with Crippen molar-refractivity contribution in [3.05, 3.63) is 47.8 Å². The number of fused-ring (bicyclic) bond motifs is 3. The van der Waals surface area contributed by atoms with E-state index in [1.165, 1.54) is 0 Å². The van der Waals surface area contributed by atoms with Gasteiger partial charge in [0.25, 0.3) is 0 Å². The SMILES string of the molecule is Cc1ccc2ccc3ccc(CN4CCN(CC(=O)O)CCN(CC(=O)O)CCN(CC(=O)O)CC4)nc3c2n1. The second-order valence-corrected chi connectivity index (χ2v) is 10.3. The van der Waals surface area contributed by atoms with E-state index in [2.05, 4.69) is 4.90 Å². The Morgan fingerprint density at radius 1 is 0.600 bits per heavy atom. The average molecular weight is 553 g/mol. The van der Waals surface area contributed by atoms with Crippen molar-refractivity contribution >= 4 is 39.7 Å². The van der Waals surface area contributed by atoms with Crippen molar-refractivity contribution in [2.45, 2.75) is 13.5 Å². The molecule has 0 aliphatic carbocycles. The van der Waals surface area contributed by atoms with Gasteiger partial charge in [-0.1, -0.05) is 24.3 Å². The predicted molar refractivity (Wildman–Crippen MR) is 149 cm³/mol. The number of carboxylic acids is 3. The van der Waals surface area contributed by atoms with Gasteiger partial charge in [0.2, 0.25) is 0 Å². The molecule has 0 radical (unpaired) electrons. The van der Waals surface area contributed by atoms with Crippen molar-refractivity contribution in [3.63, 3.8) is 0 Å². The number of pyridine rings is 2. The largest absolute Gasteiger partial charge is 0.480 e. The lowest BCUT2D eigenvalue weighted by molar-refractivity contribution is -0.140. The Hall–Kier alpha value is -3.71. The van der Waals surface area contributed by atoms with Gasteiger partial charge in [0.05, 0.1) is 36.4 Å². The Balaban J connectivity index is 1.57. The number of aliphatic carboxylic acids is 3. The number of hydrogen-bond donors (Lipinski definition) is 3. The molecule has 1 aliphatic heterocycles. The third-order valence-corrected chi connectivity index (χ3v) is 7.11. The molecule has 4 rings (SSSR count). The molecular formula is C28H36N6O6. The Morgan fingerprint density at radius 3 is 1.43 bits per heavy atom. The van der Waals surface area contributed by atoms with E-state index in [0.29, 0.717) is 58.9 Å². The zero-order valence-corrected chi connectivity index (χ0v) is 22.7. The number of carboxylic acid groups (broad SMARTS) is 3. The summed E-state index contributed by atoms with van der Waals surface area (Å²) in [6, 6.07) is 12.1. The lowest BCUT2D eigenvalue weighted by atomic mass is 10.1. The predicted octanol–water partition coefficient (Wildman–Crippen LogP) is 1.07. The van der Waals surface area contributed by atoms with Gasteiger partial charge in [-0.25, -0.2) is 4.98 Å². The highest BCUT2D eigenvalue weighted by molar-refractivity contribution is 6.02. The smallest absolute Gasteiger partial charge is 0.317 e. The van der Waals surface area contributed by atoms with Gasteiger partial charge in [-0.15, -0.1) is 0 Å². The molecule has 1 fully saturated rings. The Kier molecular flexibility index (Phi) is 9.93. The summed E-state index contributed by atoms with van der Waals surface area (Å²) in [5, 5.41) is 30.2. The molecule has 0 spiro atoms. The highest BCUT2D eigenvalue weighted by Crippen LogP contribution is 2.23. The molecule has 2 aromatic heterocycles. The van der Waals surface area contributed by atoms with Crippen LogP contribution in [-0.2, 0) is 20.9 Å². The van der Waals surface area contributed by atoms with Gasteiger partial charge in [-0.3, -0.25) is 39.0 Å². The topological polar surface area (TPSA) is 151 Å². The molecule has 1 aromatic carbocycles. The van der Waals surface area contributed by atoms with Crippen molar-refractivity contribution < 1.29 is 29.7 Å². The maximum Gasteiger partial charge on any atom is 0.317 e. The third-order valence-electron chi connectivity index (χ3n) is 7.11. The lowest BCUT2D eigenvalue weighted by Crippen LogP contribution is -2.48. The zero-order valence-electron chi connectivity index (χ0n) is 22.7. The van der Waals surface area contributed by atoms with Crippen LogP contribution >= 0.6 is 0 Å². The fraction of sp³-hybridized carbons (Fsp3) is 0.464. The second-order valence-electron chi connectivity index (χ2n) is 10.3. The standard InChI is InChI=1S/C28H36N6O6/c1-20-2-3-21-4-5-22-6-7-23(30-28(22)27(21)29-20)16-31-8-10-32(17-24(35)36)12-14-34(19-26(39)40)15-13-33(11-9-31)18-25(37)38/h2-7H,8-19H2,1H3,(H,35,36)(H,37,38)(H,39,40). The number of carbonyl (C=O) groups is 3. The van der Waals surface area contributed by atoms with Crippen molar-refractivity contribution in [2.75, 3.05) is 72.0 Å². The Labute approximate surface area is 232 Å². The molecular weight excluding hydrogens is 516 g/mol. The van der Waals surface area contributed by atoms with Crippen LogP contribution in [0.4, 0.5) is 0 Å². The summed E-state index contributed by atoms with van der Waals surface area (Å²) in [6.07, 6.45) is 0. The first-order valence-corrected chi connectivity index (χ1v) is 13.4. The summed E-state index contributed by atoms with van der Waals surface area (Å²) < 4.78 is 0. The van der Waals surface area contributed by atoms with Gasteiger partial charge < -0.3 is 15.3 Å². The van der Waals surface area contributed by atoms with Crippen molar-refractivity contribution in [1.29, 1.82) is 0 Å². The number of benzene rings is 1. The number of aryl methyl sites for hydroxylation is 1. The van der Waals surface area contributed by atoms with Crippen LogP contribution in [0.3, 0.4) is 0 Å². The molecule has 0 unspecified atom stereocenters. The Bertz CT molecular complexity index is 1340. The van der Waals surface area contributed by atoms with Crippen LogP contribution in [0.2, 0.25) is 0 Å². The molecule has 12 heteroatoms. The molecule has 3 N–H and O–H groups in total. The molecule has 12 nitrogen and oxygen atoms in total. The van der Waals surface area contributed by atoms with Crippen molar-refractivity contribution in [1.82, 2.24) is 29.6 Å². The van der Waals surface area contributed by atoms with E-state index in [0.717, 1.165) is 33.2 Å². The molecule has 3 heterocycles. The minimum absolute atomic E-state index is 0.148. The van der Waals surface area contributed by atoms with Gasteiger partial charge >= 0.3 is 17.9 Å². The van der Waals surface area contributed by atoms with E-state index in [-0.39, 0.29) is 19.6 Å². The molecule has 1 saturated heterocycles.